The molecular formula is C11H26N8O3Si. The Morgan fingerprint density at radius 2 is 1.26 bits per heavy atom. The molecule has 0 atom stereocenters. The molecule has 0 spiro atoms. The van der Waals surface area contributed by atoms with Gasteiger partial charge in [0.1, 0.15) is 0 Å². The van der Waals surface area contributed by atoms with Crippen molar-refractivity contribution >= 4 is 26.6 Å². The van der Waals surface area contributed by atoms with Crippen LogP contribution in [0.4, 0.5) is 17.8 Å². The second kappa shape index (κ2) is 10.2. The van der Waals surface area contributed by atoms with E-state index in [0.29, 0.717) is 30.4 Å². The Balaban J connectivity index is 2.59. The molecule has 1 aromatic heterocycles. The molecule has 0 amide bonds. The Bertz CT molecular complexity index is 430. The maximum Gasteiger partial charge on any atom is 0.500 e. The van der Waals surface area contributed by atoms with Crippen LogP contribution in [-0.2, 0) is 13.3 Å². The Kier molecular flexibility index (Phi) is 8.68. The fourth-order valence-corrected chi connectivity index (χ4v) is 3.58. The van der Waals surface area contributed by atoms with E-state index in [1.54, 1.807) is 21.3 Å². The first kappa shape index (κ1) is 19.5. The van der Waals surface area contributed by atoms with Crippen LogP contribution in [0.25, 0.3) is 0 Å². The standard InChI is InChI=1S/C11H26N8O3Si/c1-20-23(21-2,22-3)6-4-5-14-9-17-10(15-7-12)19-11(18-9)16-8-13/h4-8,12-13H2,1-3H3,(H3,14,15,16,17,18,19). The summed E-state index contributed by atoms with van der Waals surface area (Å²) in [6.45, 7) is 1.06. The number of aromatic nitrogens is 3. The van der Waals surface area contributed by atoms with Crippen LogP contribution in [0.5, 0.6) is 0 Å². The minimum atomic E-state index is -2.55. The van der Waals surface area contributed by atoms with Gasteiger partial charge in [-0.2, -0.15) is 15.0 Å². The lowest BCUT2D eigenvalue weighted by molar-refractivity contribution is 0.123. The molecule has 0 saturated heterocycles. The number of rotatable bonds is 12. The Hall–Kier alpha value is -1.57. The predicted octanol–water partition coefficient (Wildman–Crippen LogP) is -0.792. The molecule has 23 heavy (non-hydrogen) atoms. The van der Waals surface area contributed by atoms with Gasteiger partial charge < -0.3 is 40.7 Å². The molecule has 11 nitrogen and oxygen atoms in total. The van der Waals surface area contributed by atoms with Crippen molar-refractivity contribution in [2.24, 2.45) is 11.5 Å². The molecule has 132 valence electrons. The van der Waals surface area contributed by atoms with Gasteiger partial charge in [0.2, 0.25) is 17.8 Å². The molecule has 7 N–H and O–H groups in total. The van der Waals surface area contributed by atoms with E-state index in [2.05, 4.69) is 30.9 Å². The molecule has 1 aromatic rings. The number of anilines is 3. The zero-order valence-electron chi connectivity index (χ0n) is 13.8. The van der Waals surface area contributed by atoms with Crippen LogP contribution in [0.15, 0.2) is 0 Å². The number of hydrogen-bond donors (Lipinski definition) is 5. The van der Waals surface area contributed by atoms with E-state index < -0.39 is 8.80 Å². The summed E-state index contributed by atoms with van der Waals surface area (Å²) in [5, 5.41) is 8.78. The third-order valence-corrected chi connectivity index (χ3v) is 5.86. The van der Waals surface area contributed by atoms with Crippen LogP contribution in [0.1, 0.15) is 6.42 Å². The van der Waals surface area contributed by atoms with Crippen molar-refractivity contribution in [3.63, 3.8) is 0 Å². The third-order valence-electron chi connectivity index (χ3n) is 3.03. The lowest BCUT2D eigenvalue weighted by atomic mass is 10.5. The second-order valence-corrected chi connectivity index (χ2v) is 7.48. The average molecular weight is 346 g/mol. The molecule has 12 heteroatoms. The third kappa shape index (κ3) is 6.21. The highest BCUT2D eigenvalue weighted by Crippen LogP contribution is 2.15. The second-order valence-electron chi connectivity index (χ2n) is 4.39. The molecule has 0 fully saturated rings. The highest BCUT2D eigenvalue weighted by molar-refractivity contribution is 6.60. The highest BCUT2D eigenvalue weighted by atomic mass is 28.4. The first-order valence-corrected chi connectivity index (χ1v) is 9.09. The van der Waals surface area contributed by atoms with Crippen LogP contribution >= 0.6 is 0 Å². The monoisotopic (exact) mass is 346 g/mol. The van der Waals surface area contributed by atoms with Crippen LogP contribution < -0.4 is 27.4 Å². The SMILES string of the molecule is CO[Si](CCCNc1nc(NCN)nc(NCN)n1)(OC)OC. The van der Waals surface area contributed by atoms with Gasteiger partial charge in [-0.1, -0.05) is 0 Å². The number of hydrogen-bond acceptors (Lipinski definition) is 11. The summed E-state index contributed by atoms with van der Waals surface area (Å²) in [6.07, 6.45) is 0.771. The largest absolute Gasteiger partial charge is 0.500 e. The lowest BCUT2D eigenvalue weighted by Gasteiger charge is -2.24. The van der Waals surface area contributed by atoms with Crippen LogP contribution in [0.3, 0.4) is 0 Å². The molecule has 0 unspecified atom stereocenters. The molecule has 1 rings (SSSR count). The summed E-state index contributed by atoms with van der Waals surface area (Å²) in [5.74, 6) is 1.16. The lowest BCUT2D eigenvalue weighted by Crippen LogP contribution is -2.42. The molecule has 0 bridgehead atoms. The van der Waals surface area contributed by atoms with Gasteiger partial charge in [-0.3, -0.25) is 0 Å². The Morgan fingerprint density at radius 1 is 0.826 bits per heavy atom. The normalized spacial score (nSPS) is 11.3. The maximum absolute atomic E-state index is 5.44. The minimum absolute atomic E-state index is 0.217. The molecule has 0 aliphatic heterocycles. The van der Waals surface area contributed by atoms with Gasteiger partial charge in [-0.05, 0) is 6.42 Å². The number of nitrogens with zero attached hydrogens (tertiary/aromatic N) is 3. The smallest absolute Gasteiger partial charge is 0.377 e. The quantitative estimate of drug-likeness (QED) is 0.184. The first-order chi connectivity index (χ1) is 11.1. The Morgan fingerprint density at radius 3 is 1.65 bits per heavy atom. The molecule has 0 aliphatic rings. The molecule has 0 saturated carbocycles. The highest BCUT2D eigenvalue weighted by Gasteiger charge is 2.36. The van der Waals surface area contributed by atoms with Crippen molar-refractivity contribution in [1.29, 1.82) is 0 Å². The molecule has 0 aliphatic carbocycles. The van der Waals surface area contributed by atoms with Gasteiger partial charge in [0.25, 0.3) is 0 Å². The summed E-state index contributed by atoms with van der Waals surface area (Å²) in [6, 6.07) is 0.677. The van der Waals surface area contributed by atoms with E-state index in [0.717, 1.165) is 6.42 Å². The van der Waals surface area contributed by atoms with Gasteiger partial charge in [0.05, 0.1) is 13.3 Å². The predicted molar refractivity (Wildman–Crippen MR) is 89.9 cm³/mol. The van der Waals surface area contributed by atoms with Gasteiger partial charge in [0.15, 0.2) is 0 Å². The molecule has 1 heterocycles. The van der Waals surface area contributed by atoms with E-state index in [-0.39, 0.29) is 13.3 Å². The fraction of sp³-hybridized carbons (Fsp3) is 0.727. The van der Waals surface area contributed by atoms with Gasteiger partial charge >= 0.3 is 8.80 Å². The topological polar surface area (TPSA) is 154 Å². The zero-order valence-corrected chi connectivity index (χ0v) is 14.8. The summed E-state index contributed by atoms with van der Waals surface area (Å²) >= 11 is 0. The van der Waals surface area contributed by atoms with Crippen molar-refractivity contribution < 1.29 is 13.3 Å². The summed E-state index contributed by atoms with van der Waals surface area (Å²) in [7, 11) is 2.22. The average Bonchev–Trinajstić information content (AvgIpc) is 2.56. The van der Waals surface area contributed by atoms with E-state index in [4.69, 9.17) is 24.7 Å². The van der Waals surface area contributed by atoms with Crippen molar-refractivity contribution in [3.05, 3.63) is 0 Å². The van der Waals surface area contributed by atoms with Crippen molar-refractivity contribution in [2.75, 3.05) is 57.2 Å². The van der Waals surface area contributed by atoms with Crippen LogP contribution in [-0.4, -0.2) is 65.0 Å². The molecular weight excluding hydrogens is 320 g/mol. The van der Waals surface area contributed by atoms with Gasteiger partial charge in [-0.15, -0.1) is 0 Å². The van der Waals surface area contributed by atoms with Crippen LogP contribution in [0, 0.1) is 0 Å². The number of nitrogens with two attached hydrogens (primary N) is 2. The summed E-state index contributed by atoms with van der Waals surface area (Å²) in [5.41, 5.74) is 10.9. The van der Waals surface area contributed by atoms with Crippen molar-refractivity contribution in [3.8, 4) is 0 Å². The molecule has 0 aromatic carbocycles. The zero-order chi connectivity index (χ0) is 17.1. The van der Waals surface area contributed by atoms with E-state index in [1.165, 1.54) is 0 Å². The van der Waals surface area contributed by atoms with E-state index >= 15 is 0 Å². The Labute approximate surface area is 136 Å². The number of nitrogens with one attached hydrogen (secondary N) is 3. The minimum Gasteiger partial charge on any atom is -0.377 e. The van der Waals surface area contributed by atoms with Crippen molar-refractivity contribution in [1.82, 2.24) is 15.0 Å². The first-order valence-electron chi connectivity index (χ1n) is 7.16. The van der Waals surface area contributed by atoms with Gasteiger partial charge in [-0.25, -0.2) is 0 Å². The van der Waals surface area contributed by atoms with E-state index in [1.807, 2.05) is 0 Å². The van der Waals surface area contributed by atoms with Crippen LogP contribution in [0.2, 0.25) is 6.04 Å². The summed E-state index contributed by atoms with van der Waals surface area (Å²) < 4.78 is 16.1. The van der Waals surface area contributed by atoms with Crippen molar-refractivity contribution in [2.45, 2.75) is 12.5 Å². The van der Waals surface area contributed by atoms with E-state index in [9.17, 15) is 0 Å². The molecule has 0 radical (unpaired) electrons. The fourth-order valence-electron chi connectivity index (χ4n) is 1.86. The summed E-state index contributed by atoms with van der Waals surface area (Å²) in [4.78, 5) is 12.5. The maximum atomic E-state index is 5.44. The van der Waals surface area contributed by atoms with Gasteiger partial charge in [0, 0.05) is 33.9 Å².